The molecule has 1 fully saturated rings. The second-order valence-corrected chi connectivity index (χ2v) is 8.31. The van der Waals surface area contributed by atoms with Crippen LogP contribution in [0.3, 0.4) is 0 Å². The van der Waals surface area contributed by atoms with Crippen molar-refractivity contribution >= 4 is 23.5 Å². The lowest BCUT2D eigenvalue weighted by molar-refractivity contribution is -0.123. The predicted octanol–water partition coefficient (Wildman–Crippen LogP) is 3.43. The summed E-state index contributed by atoms with van der Waals surface area (Å²) < 4.78 is 5.78. The highest BCUT2D eigenvalue weighted by atomic mass is 32.2. The van der Waals surface area contributed by atoms with Crippen molar-refractivity contribution in [3.63, 3.8) is 0 Å². The number of hydrogen-bond acceptors (Lipinski definition) is 7. The van der Waals surface area contributed by atoms with E-state index in [0.717, 1.165) is 43.7 Å². The lowest BCUT2D eigenvalue weighted by Gasteiger charge is -2.25. The largest absolute Gasteiger partial charge is 0.494 e. The number of nitrogens with zero attached hydrogens (tertiary/aromatic N) is 3. The number of carbonyl (C=O) groups excluding carboxylic acids is 2. The standard InChI is InChI=1S/C22H28N4O3S/c1-16-11-12-23-22(24-16)30-15-21(28)25-26-13-3-5-19(26)6-4-14-29-20-9-7-18(8-10-20)17(2)27/h7-12,19H,3-6,13-15H2,1-2H3,(H,25,28)/t19-/m1/s1. The molecule has 0 radical (unpaired) electrons. The molecule has 0 spiro atoms. The third kappa shape index (κ3) is 6.81. The van der Waals surface area contributed by atoms with Crippen molar-refractivity contribution in [1.82, 2.24) is 20.4 Å². The van der Waals surface area contributed by atoms with Crippen LogP contribution < -0.4 is 10.2 Å². The maximum Gasteiger partial charge on any atom is 0.244 e. The Morgan fingerprint density at radius 3 is 2.80 bits per heavy atom. The Balaban J connectivity index is 1.36. The summed E-state index contributed by atoms with van der Waals surface area (Å²) in [5.41, 5.74) is 4.61. The number of hydrazine groups is 1. The van der Waals surface area contributed by atoms with Gasteiger partial charge in [0.05, 0.1) is 12.4 Å². The molecule has 1 aromatic heterocycles. The third-order valence-corrected chi connectivity index (χ3v) is 5.82. The van der Waals surface area contributed by atoms with E-state index < -0.39 is 0 Å². The number of aryl methyl sites for hydroxylation is 1. The summed E-state index contributed by atoms with van der Waals surface area (Å²) in [6.45, 7) is 4.94. The Labute approximate surface area is 181 Å². The first-order valence-corrected chi connectivity index (χ1v) is 11.2. The molecule has 0 unspecified atom stereocenters. The van der Waals surface area contributed by atoms with Gasteiger partial charge >= 0.3 is 0 Å². The molecule has 1 N–H and O–H groups in total. The van der Waals surface area contributed by atoms with E-state index in [4.69, 9.17) is 4.74 Å². The molecule has 1 aliphatic heterocycles. The molecule has 0 aliphatic carbocycles. The average molecular weight is 429 g/mol. The number of ketones is 1. The first kappa shape index (κ1) is 22.2. The van der Waals surface area contributed by atoms with Crippen molar-refractivity contribution in [3.05, 3.63) is 47.8 Å². The van der Waals surface area contributed by atoms with Crippen LogP contribution in [0.2, 0.25) is 0 Å². The molecule has 0 bridgehead atoms. The van der Waals surface area contributed by atoms with Gasteiger partial charge in [-0.2, -0.15) is 0 Å². The summed E-state index contributed by atoms with van der Waals surface area (Å²) in [7, 11) is 0. The maximum absolute atomic E-state index is 12.3. The van der Waals surface area contributed by atoms with Crippen LogP contribution in [-0.4, -0.2) is 51.6 Å². The highest BCUT2D eigenvalue weighted by Crippen LogP contribution is 2.20. The Hall–Kier alpha value is -2.45. The van der Waals surface area contributed by atoms with Gasteiger partial charge in [0.25, 0.3) is 0 Å². The molecule has 1 saturated heterocycles. The number of benzene rings is 1. The van der Waals surface area contributed by atoms with Gasteiger partial charge < -0.3 is 4.74 Å². The van der Waals surface area contributed by atoms with Crippen LogP contribution in [0.4, 0.5) is 0 Å². The van der Waals surface area contributed by atoms with E-state index in [1.165, 1.54) is 11.8 Å². The zero-order chi connectivity index (χ0) is 21.3. The number of carbonyl (C=O) groups is 2. The second-order valence-electron chi connectivity index (χ2n) is 7.36. The first-order valence-electron chi connectivity index (χ1n) is 10.2. The van der Waals surface area contributed by atoms with Gasteiger partial charge in [0.2, 0.25) is 5.91 Å². The van der Waals surface area contributed by atoms with Crippen molar-refractivity contribution in [2.24, 2.45) is 0 Å². The summed E-state index contributed by atoms with van der Waals surface area (Å²) in [5.74, 6) is 1.09. The van der Waals surface area contributed by atoms with Gasteiger partial charge in [0, 0.05) is 30.0 Å². The van der Waals surface area contributed by atoms with E-state index in [-0.39, 0.29) is 11.7 Å². The zero-order valence-corrected chi connectivity index (χ0v) is 18.3. The zero-order valence-electron chi connectivity index (χ0n) is 17.5. The van der Waals surface area contributed by atoms with Gasteiger partial charge in [-0.05, 0) is 69.9 Å². The summed E-state index contributed by atoms with van der Waals surface area (Å²) >= 11 is 1.35. The smallest absolute Gasteiger partial charge is 0.244 e. The van der Waals surface area contributed by atoms with E-state index in [1.54, 1.807) is 25.3 Å². The fraction of sp³-hybridized carbons (Fsp3) is 0.455. The molecular formula is C22H28N4O3S. The molecule has 7 nitrogen and oxygen atoms in total. The third-order valence-electron chi connectivity index (χ3n) is 4.96. The van der Waals surface area contributed by atoms with Crippen molar-refractivity contribution < 1.29 is 14.3 Å². The normalized spacial score (nSPS) is 16.4. The van der Waals surface area contributed by atoms with Crippen LogP contribution in [0.5, 0.6) is 5.75 Å². The first-order chi connectivity index (χ1) is 14.5. The van der Waals surface area contributed by atoms with Crippen LogP contribution in [0, 0.1) is 6.92 Å². The molecule has 30 heavy (non-hydrogen) atoms. The van der Waals surface area contributed by atoms with Crippen molar-refractivity contribution in [3.8, 4) is 5.75 Å². The number of hydrogen-bond donors (Lipinski definition) is 1. The fourth-order valence-electron chi connectivity index (χ4n) is 3.40. The predicted molar refractivity (Wildman–Crippen MR) is 117 cm³/mol. The number of rotatable bonds is 10. The minimum absolute atomic E-state index is 0.0289. The summed E-state index contributed by atoms with van der Waals surface area (Å²) in [5, 5.41) is 2.68. The number of ether oxygens (including phenoxy) is 1. The summed E-state index contributed by atoms with van der Waals surface area (Å²) in [6, 6.07) is 9.39. The fourth-order valence-corrected chi connectivity index (χ4v) is 4.06. The number of aromatic nitrogens is 2. The molecule has 3 rings (SSSR count). The number of amides is 1. The van der Waals surface area contributed by atoms with E-state index in [0.29, 0.717) is 29.1 Å². The highest BCUT2D eigenvalue weighted by molar-refractivity contribution is 7.99. The van der Waals surface area contributed by atoms with E-state index >= 15 is 0 Å². The lowest BCUT2D eigenvalue weighted by atomic mass is 10.1. The van der Waals surface area contributed by atoms with E-state index in [9.17, 15) is 9.59 Å². The van der Waals surface area contributed by atoms with Crippen molar-refractivity contribution in [2.75, 3.05) is 18.9 Å². The Bertz CT molecular complexity index is 860. The lowest BCUT2D eigenvalue weighted by Crippen LogP contribution is -2.46. The quantitative estimate of drug-likeness (QED) is 0.269. The monoisotopic (exact) mass is 428 g/mol. The van der Waals surface area contributed by atoms with Gasteiger partial charge in [-0.25, -0.2) is 15.0 Å². The molecule has 1 amide bonds. The molecule has 2 heterocycles. The maximum atomic E-state index is 12.3. The highest BCUT2D eigenvalue weighted by Gasteiger charge is 2.25. The van der Waals surface area contributed by atoms with Crippen LogP contribution in [0.1, 0.15) is 48.7 Å². The Morgan fingerprint density at radius 1 is 1.27 bits per heavy atom. The van der Waals surface area contributed by atoms with Gasteiger partial charge in [-0.15, -0.1) is 0 Å². The topological polar surface area (TPSA) is 84.4 Å². The van der Waals surface area contributed by atoms with Crippen LogP contribution >= 0.6 is 11.8 Å². The molecular weight excluding hydrogens is 400 g/mol. The van der Waals surface area contributed by atoms with Crippen molar-refractivity contribution in [2.45, 2.75) is 50.7 Å². The summed E-state index contributed by atoms with van der Waals surface area (Å²) in [6.07, 6.45) is 5.71. The molecule has 8 heteroatoms. The van der Waals surface area contributed by atoms with Crippen LogP contribution in [0.15, 0.2) is 41.7 Å². The molecule has 2 aromatic rings. The van der Waals surface area contributed by atoms with Crippen LogP contribution in [-0.2, 0) is 4.79 Å². The van der Waals surface area contributed by atoms with Gasteiger partial charge in [0.1, 0.15) is 5.75 Å². The van der Waals surface area contributed by atoms with E-state index in [1.807, 2.05) is 25.1 Å². The van der Waals surface area contributed by atoms with Gasteiger partial charge in [-0.1, -0.05) is 11.8 Å². The van der Waals surface area contributed by atoms with Gasteiger partial charge in [-0.3, -0.25) is 15.0 Å². The molecule has 1 aromatic carbocycles. The molecule has 160 valence electrons. The second kappa shape index (κ2) is 11.1. The number of Topliss-reactive ketones (excluding diaryl/α,β-unsaturated/α-hetero) is 1. The number of nitrogens with one attached hydrogen (secondary N) is 1. The summed E-state index contributed by atoms with van der Waals surface area (Å²) in [4.78, 5) is 32.1. The number of thioether (sulfide) groups is 1. The minimum atomic E-state index is -0.0289. The molecule has 1 atom stereocenters. The Morgan fingerprint density at radius 2 is 2.07 bits per heavy atom. The van der Waals surface area contributed by atoms with Crippen LogP contribution in [0.25, 0.3) is 0 Å². The Kier molecular flexibility index (Phi) is 8.21. The van der Waals surface area contributed by atoms with Crippen molar-refractivity contribution in [1.29, 1.82) is 0 Å². The minimum Gasteiger partial charge on any atom is -0.494 e. The molecule has 1 aliphatic rings. The van der Waals surface area contributed by atoms with Gasteiger partial charge in [0.15, 0.2) is 10.9 Å². The average Bonchev–Trinajstić information content (AvgIpc) is 3.17. The SMILES string of the molecule is CC(=O)c1ccc(OCCC[C@H]2CCCN2NC(=O)CSc2nccc(C)n2)cc1. The molecule has 0 saturated carbocycles. The van der Waals surface area contributed by atoms with E-state index in [2.05, 4.69) is 20.4 Å².